The van der Waals surface area contributed by atoms with Gasteiger partial charge in [-0.05, 0) is 24.3 Å². The van der Waals surface area contributed by atoms with Crippen LogP contribution in [0, 0.1) is 11.3 Å². The fourth-order valence-corrected chi connectivity index (χ4v) is 2.13. The standard InChI is InChI=1S/C16H13ClN2O2/c1-21-15-5-3-2-4-11(15)8-16(20)19-13-7-6-12(10-18)14(17)9-13/h2-7,9H,8H2,1H3,(H,19,20). The molecule has 0 aromatic heterocycles. The van der Waals surface area contributed by atoms with Gasteiger partial charge in [-0.25, -0.2) is 0 Å². The Bertz CT molecular complexity index is 708. The molecule has 106 valence electrons. The molecular formula is C16H13ClN2O2. The number of nitrogens with zero attached hydrogens (tertiary/aromatic N) is 1. The lowest BCUT2D eigenvalue weighted by Gasteiger charge is -2.09. The van der Waals surface area contributed by atoms with Crippen molar-refractivity contribution in [3.05, 3.63) is 58.6 Å². The summed E-state index contributed by atoms with van der Waals surface area (Å²) in [5.41, 5.74) is 1.73. The van der Waals surface area contributed by atoms with Gasteiger partial charge in [0.15, 0.2) is 0 Å². The third kappa shape index (κ3) is 3.74. The monoisotopic (exact) mass is 300 g/mol. The third-order valence-electron chi connectivity index (χ3n) is 2.92. The SMILES string of the molecule is COc1ccccc1CC(=O)Nc1ccc(C#N)c(Cl)c1. The van der Waals surface area contributed by atoms with Crippen molar-refractivity contribution < 1.29 is 9.53 Å². The molecule has 0 bridgehead atoms. The lowest BCUT2D eigenvalue weighted by Crippen LogP contribution is -2.14. The molecule has 2 aromatic rings. The first kappa shape index (κ1) is 14.9. The van der Waals surface area contributed by atoms with Gasteiger partial charge in [-0.1, -0.05) is 29.8 Å². The molecule has 21 heavy (non-hydrogen) atoms. The Morgan fingerprint density at radius 1 is 1.33 bits per heavy atom. The van der Waals surface area contributed by atoms with Crippen LogP contribution < -0.4 is 10.1 Å². The summed E-state index contributed by atoms with van der Waals surface area (Å²) in [5.74, 6) is 0.491. The second-order valence-electron chi connectivity index (χ2n) is 4.34. The van der Waals surface area contributed by atoms with Crippen molar-refractivity contribution in [3.8, 4) is 11.8 Å². The van der Waals surface area contributed by atoms with E-state index in [-0.39, 0.29) is 12.3 Å². The number of rotatable bonds is 4. The smallest absolute Gasteiger partial charge is 0.228 e. The van der Waals surface area contributed by atoms with Gasteiger partial charge >= 0.3 is 0 Å². The molecule has 0 saturated carbocycles. The van der Waals surface area contributed by atoms with Crippen molar-refractivity contribution in [1.82, 2.24) is 0 Å². The normalized spacial score (nSPS) is 9.76. The predicted molar refractivity (Wildman–Crippen MR) is 81.5 cm³/mol. The van der Waals surface area contributed by atoms with E-state index in [9.17, 15) is 4.79 Å². The van der Waals surface area contributed by atoms with E-state index in [4.69, 9.17) is 21.6 Å². The molecule has 0 unspecified atom stereocenters. The number of para-hydroxylation sites is 1. The molecule has 0 fully saturated rings. The number of benzene rings is 2. The summed E-state index contributed by atoms with van der Waals surface area (Å²) in [5, 5.41) is 11.9. The molecule has 0 saturated heterocycles. The Morgan fingerprint density at radius 2 is 2.10 bits per heavy atom. The number of nitriles is 1. The number of amides is 1. The van der Waals surface area contributed by atoms with Crippen LogP contribution in [0.15, 0.2) is 42.5 Å². The van der Waals surface area contributed by atoms with Crippen molar-refractivity contribution in [2.75, 3.05) is 12.4 Å². The number of carbonyl (C=O) groups is 1. The molecule has 4 nitrogen and oxygen atoms in total. The minimum atomic E-state index is -0.180. The number of anilines is 1. The lowest BCUT2D eigenvalue weighted by atomic mass is 10.1. The summed E-state index contributed by atoms with van der Waals surface area (Å²) in [4.78, 5) is 12.0. The average molecular weight is 301 g/mol. The first-order chi connectivity index (χ1) is 10.1. The predicted octanol–water partition coefficient (Wildman–Crippen LogP) is 3.40. The summed E-state index contributed by atoms with van der Waals surface area (Å²) < 4.78 is 5.21. The van der Waals surface area contributed by atoms with E-state index in [1.807, 2.05) is 24.3 Å². The van der Waals surface area contributed by atoms with Crippen LogP contribution in [0.25, 0.3) is 0 Å². The summed E-state index contributed by atoms with van der Waals surface area (Å²) in [6, 6.07) is 14.1. The van der Waals surface area contributed by atoms with Crippen molar-refractivity contribution in [2.45, 2.75) is 6.42 Å². The molecule has 0 spiro atoms. The van der Waals surface area contributed by atoms with Gasteiger partial charge in [-0.3, -0.25) is 4.79 Å². The molecule has 2 rings (SSSR count). The number of halogens is 1. The molecular weight excluding hydrogens is 288 g/mol. The number of ether oxygens (including phenoxy) is 1. The van der Waals surface area contributed by atoms with Crippen LogP contribution in [0.3, 0.4) is 0 Å². The molecule has 5 heteroatoms. The molecule has 1 N–H and O–H groups in total. The van der Waals surface area contributed by atoms with Gasteiger partial charge in [0, 0.05) is 11.3 Å². The van der Waals surface area contributed by atoms with Crippen LogP contribution >= 0.6 is 11.6 Å². The summed E-state index contributed by atoms with van der Waals surface area (Å²) in [6.45, 7) is 0. The van der Waals surface area contributed by atoms with E-state index >= 15 is 0 Å². The molecule has 0 aliphatic heterocycles. The molecule has 2 aromatic carbocycles. The minimum absolute atomic E-state index is 0.180. The third-order valence-corrected chi connectivity index (χ3v) is 3.23. The second kappa shape index (κ2) is 6.78. The van der Waals surface area contributed by atoms with Crippen molar-refractivity contribution in [3.63, 3.8) is 0 Å². The quantitative estimate of drug-likeness (QED) is 0.941. The van der Waals surface area contributed by atoms with Gasteiger partial charge in [0.2, 0.25) is 5.91 Å². The highest BCUT2D eigenvalue weighted by Crippen LogP contribution is 2.21. The Morgan fingerprint density at radius 3 is 2.76 bits per heavy atom. The highest BCUT2D eigenvalue weighted by molar-refractivity contribution is 6.32. The van der Waals surface area contributed by atoms with Crippen molar-refractivity contribution in [1.29, 1.82) is 5.26 Å². The zero-order valence-electron chi connectivity index (χ0n) is 11.4. The van der Waals surface area contributed by atoms with E-state index in [2.05, 4.69) is 5.32 Å². The Labute approximate surface area is 127 Å². The molecule has 0 atom stereocenters. The zero-order valence-corrected chi connectivity index (χ0v) is 12.1. The maximum atomic E-state index is 12.0. The van der Waals surface area contributed by atoms with Gasteiger partial charge in [0.1, 0.15) is 11.8 Å². The molecule has 0 aliphatic carbocycles. The van der Waals surface area contributed by atoms with Crippen LogP contribution in [0.1, 0.15) is 11.1 Å². The van der Waals surface area contributed by atoms with Gasteiger partial charge < -0.3 is 10.1 Å². The van der Waals surface area contributed by atoms with Crippen molar-refractivity contribution >= 4 is 23.2 Å². The van der Waals surface area contributed by atoms with Gasteiger partial charge in [0.05, 0.1) is 24.1 Å². The number of hydrogen-bond acceptors (Lipinski definition) is 3. The molecule has 1 amide bonds. The minimum Gasteiger partial charge on any atom is -0.496 e. The van der Waals surface area contributed by atoms with Crippen LogP contribution in [-0.4, -0.2) is 13.0 Å². The number of carbonyl (C=O) groups excluding carboxylic acids is 1. The van der Waals surface area contributed by atoms with Crippen LogP contribution in [-0.2, 0) is 11.2 Å². The average Bonchev–Trinajstić information content (AvgIpc) is 2.48. The zero-order chi connectivity index (χ0) is 15.2. The number of nitrogens with one attached hydrogen (secondary N) is 1. The molecule has 0 heterocycles. The molecule has 0 aliphatic rings. The van der Waals surface area contributed by atoms with Gasteiger partial charge in [-0.15, -0.1) is 0 Å². The van der Waals surface area contributed by atoms with E-state index < -0.39 is 0 Å². The fraction of sp³-hybridized carbons (Fsp3) is 0.125. The highest BCUT2D eigenvalue weighted by atomic mass is 35.5. The second-order valence-corrected chi connectivity index (χ2v) is 4.75. The van der Waals surface area contributed by atoms with Crippen LogP contribution in [0.5, 0.6) is 5.75 Å². The topological polar surface area (TPSA) is 62.1 Å². The maximum Gasteiger partial charge on any atom is 0.228 e. The summed E-state index contributed by atoms with van der Waals surface area (Å²) >= 11 is 5.93. The summed E-state index contributed by atoms with van der Waals surface area (Å²) in [7, 11) is 1.57. The maximum absolute atomic E-state index is 12.0. The Hall–Kier alpha value is -2.51. The Kier molecular flexibility index (Phi) is 4.81. The number of methoxy groups -OCH3 is 1. The van der Waals surface area contributed by atoms with Crippen LogP contribution in [0.2, 0.25) is 5.02 Å². The fourth-order valence-electron chi connectivity index (χ4n) is 1.91. The van der Waals surface area contributed by atoms with Crippen molar-refractivity contribution in [2.24, 2.45) is 0 Å². The van der Waals surface area contributed by atoms with E-state index in [1.54, 1.807) is 31.4 Å². The largest absolute Gasteiger partial charge is 0.496 e. The molecule has 0 radical (unpaired) electrons. The van der Waals surface area contributed by atoms with Gasteiger partial charge in [0.25, 0.3) is 0 Å². The highest BCUT2D eigenvalue weighted by Gasteiger charge is 2.09. The number of hydrogen-bond donors (Lipinski definition) is 1. The Balaban J connectivity index is 2.08. The first-order valence-corrected chi connectivity index (χ1v) is 6.63. The van der Waals surface area contributed by atoms with Gasteiger partial charge in [-0.2, -0.15) is 5.26 Å². The van der Waals surface area contributed by atoms with E-state index in [0.717, 1.165) is 5.56 Å². The lowest BCUT2D eigenvalue weighted by molar-refractivity contribution is -0.115. The first-order valence-electron chi connectivity index (χ1n) is 6.25. The van der Waals surface area contributed by atoms with E-state index in [1.165, 1.54) is 0 Å². The van der Waals surface area contributed by atoms with E-state index in [0.29, 0.717) is 22.0 Å². The van der Waals surface area contributed by atoms with Crippen LogP contribution in [0.4, 0.5) is 5.69 Å². The summed E-state index contributed by atoms with van der Waals surface area (Å²) in [6.07, 6.45) is 0.196.